The average Bonchev–Trinajstić information content (AvgIpc) is 2.94. The molecule has 0 amide bonds. The number of ether oxygens (including phenoxy) is 1. The van der Waals surface area contributed by atoms with Crippen molar-refractivity contribution in [3.05, 3.63) is 58.3 Å². The monoisotopic (exact) mass is 361 g/mol. The number of phenols is 1. The fourth-order valence-corrected chi connectivity index (χ4v) is 2.80. The molecule has 0 aliphatic carbocycles. The lowest BCUT2D eigenvalue weighted by Crippen LogP contribution is -2.13. The van der Waals surface area contributed by atoms with E-state index >= 15 is 0 Å². The number of rotatable bonds is 5. The Morgan fingerprint density at radius 2 is 2.09 bits per heavy atom. The fourth-order valence-electron chi connectivity index (χ4n) is 2.34. The van der Waals surface area contributed by atoms with Crippen molar-refractivity contribution in [3.63, 3.8) is 0 Å². The maximum absolute atomic E-state index is 9.85. The second-order valence-electron chi connectivity index (χ2n) is 4.92. The van der Waals surface area contributed by atoms with Crippen molar-refractivity contribution in [1.29, 1.82) is 0 Å². The van der Waals surface area contributed by atoms with Crippen LogP contribution in [0.3, 0.4) is 0 Å². The van der Waals surface area contributed by atoms with Crippen LogP contribution in [-0.4, -0.2) is 21.8 Å². The Morgan fingerprint density at radius 1 is 1.27 bits per heavy atom. The Morgan fingerprint density at radius 3 is 2.91 bits per heavy atom. The Balaban J connectivity index is 1.70. The SMILES string of the molecule is COc1cc(Br)c(CNCc2cnn3ccccc23)cc1O. The number of hydrogen-bond acceptors (Lipinski definition) is 4. The summed E-state index contributed by atoms with van der Waals surface area (Å²) >= 11 is 3.49. The lowest BCUT2D eigenvalue weighted by atomic mass is 10.2. The maximum atomic E-state index is 9.85. The predicted octanol–water partition coefficient (Wildman–Crippen LogP) is 3.10. The molecule has 2 heterocycles. The van der Waals surface area contributed by atoms with Crippen molar-refractivity contribution in [2.75, 3.05) is 7.11 Å². The molecule has 3 aromatic rings. The quantitative estimate of drug-likeness (QED) is 0.732. The largest absolute Gasteiger partial charge is 0.504 e. The van der Waals surface area contributed by atoms with Gasteiger partial charge in [-0.05, 0) is 29.8 Å². The Labute approximate surface area is 136 Å². The summed E-state index contributed by atoms with van der Waals surface area (Å²) in [5, 5.41) is 17.5. The fraction of sp³-hybridized carbons (Fsp3) is 0.188. The van der Waals surface area contributed by atoms with Crippen LogP contribution < -0.4 is 10.1 Å². The van der Waals surface area contributed by atoms with Gasteiger partial charge in [0.15, 0.2) is 11.5 Å². The number of methoxy groups -OCH3 is 1. The first-order valence-electron chi connectivity index (χ1n) is 6.86. The zero-order valence-electron chi connectivity index (χ0n) is 12.1. The van der Waals surface area contributed by atoms with Crippen molar-refractivity contribution in [1.82, 2.24) is 14.9 Å². The zero-order valence-corrected chi connectivity index (χ0v) is 13.7. The van der Waals surface area contributed by atoms with Crippen LogP contribution in [0.15, 0.2) is 47.2 Å². The van der Waals surface area contributed by atoms with Gasteiger partial charge in [0.25, 0.3) is 0 Å². The van der Waals surface area contributed by atoms with E-state index in [1.165, 1.54) is 7.11 Å². The first-order chi connectivity index (χ1) is 10.7. The molecular weight excluding hydrogens is 346 g/mol. The third-order valence-electron chi connectivity index (χ3n) is 3.49. The molecule has 0 aliphatic rings. The van der Waals surface area contributed by atoms with E-state index < -0.39 is 0 Å². The number of aromatic hydroxyl groups is 1. The molecule has 114 valence electrons. The molecule has 0 atom stereocenters. The molecule has 0 spiro atoms. The van der Waals surface area contributed by atoms with Gasteiger partial charge in [-0.1, -0.05) is 22.0 Å². The number of hydrogen-bond donors (Lipinski definition) is 2. The summed E-state index contributed by atoms with van der Waals surface area (Å²) in [6, 6.07) is 9.46. The molecule has 0 radical (unpaired) electrons. The molecule has 0 unspecified atom stereocenters. The lowest BCUT2D eigenvalue weighted by Gasteiger charge is -2.10. The van der Waals surface area contributed by atoms with Gasteiger partial charge in [-0.3, -0.25) is 0 Å². The number of phenolic OH excluding ortho intramolecular Hbond substituents is 1. The Bertz CT molecular complexity index is 801. The summed E-state index contributed by atoms with van der Waals surface area (Å²) in [6.07, 6.45) is 3.79. The van der Waals surface area contributed by atoms with Gasteiger partial charge in [-0.25, -0.2) is 4.52 Å². The highest BCUT2D eigenvalue weighted by Gasteiger charge is 2.08. The smallest absolute Gasteiger partial charge is 0.161 e. The van der Waals surface area contributed by atoms with Gasteiger partial charge in [-0.15, -0.1) is 0 Å². The summed E-state index contributed by atoms with van der Waals surface area (Å²) in [7, 11) is 1.53. The summed E-state index contributed by atoms with van der Waals surface area (Å²) in [5.41, 5.74) is 3.19. The molecule has 0 aliphatic heterocycles. The molecule has 0 fully saturated rings. The summed E-state index contributed by atoms with van der Waals surface area (Å²) in [4.78, 5) is 0. The second kappa shape index (κ2) is 6.37. The molecule has 2 aromatic heterocycles. The number of fused-ring (bicyclic) bond motifs is 1. The van der Waals surface area contributed by atoms with Gasteiger partial charge < -0.3 is 15.2 Å². The van der Waals surface area contributed by atoms with Gasteiger partial charge in [0.1, 0.15) is 0 Å². The topological polar surface area (TPSA) is 58.8 Å². The van der Waals surface area contributed by atoms with Crippen molar-refractivity contribution >= 4 is 21.4 Å². The average molecular weight is 362 g/mol. The number of aromatic nitrogens is 2. The van der Waals surface area contributed by atoms with E-state index in [4.69, 9.17) is 4.74 Å². The van der Waals surface area contributed by atoms with E-state index in [1.807, 2.05) is 35.1 Å². The summed E-state index contributed by atoms with van der Waals surface area (Å²) in [6.45, 7) is 1.33. The van der Waals surface area contributed by atoms with Crippen LogP contribution in [0.25, 0.3) is 5.52 Å². The third kappa shape index (κ3) is 2.93. The molecule has 1 aromatic carbocycles. The van der Waals surface area contributed by atoms with E-state index in [0.29, 0.717) is 18.8 Å². The number of benzene rings is 1. The molecule has 3 rings (SSSR count). The molecule has 5 nitrogen and oxygen atoms in total. The zero-order chi connectivity index (χ0) is 15.5. The minimum atomic E-state index is 0.137. The Kier molecular flexibility index (Phi) is 4.31. The maximum Gasteiger partial charge on any atom is 0.161 e. The first kappa shape index (κ1) is 14.9. The van der Waals surface area contributed by atoms with Crippen LogP contribution in [0.5, 0.6) is 11.5 Å². The molecule has 0 bridgehead atoms. The highest BCUT2D eigenvalue weighted by molar-refractivity contribution is 9.10. The number of pyridine rings is 1. The lowest BCUT2D eigenvalue weighted by molar-refractivity contribution is 0.372. The highest BCUT2D eigenvalue weighted by atomic mass is 79.9. The van der Waals surface area contributed by atoms with Crippen LogP contribution in [0.4, 0.5) is 0 Å². The van der Waals surface area contributed by atoms with Gasteiger partial charge in [0, 0.05) is 29.3 Å². The second-order valence-corrected chi connectivity index (χ2v) is 5.77. The molecule has 6 heteroatoms. The van der Waals surface area contributed by atoms with Crippen LogP contribution in [0.2, 0.25) is 0 Å². The van der Waals surface area contributed by atoms with Crippen LogP contribution >= 0.6 is 15.9 Å². The van der Waals surface area contributed by atoms with Gasteiger partial charge >= 0.3 is 0 Å². The number of halogens is 1. The molecule has 2 N–H and O–H groups in total. The minimum absolute atomic E-state index is 0.137. The summed E-state index contributed by atoms with van der Waals surface area (Å²) < 4.78 is 7.83. The van der Waals surface area contributed by atoms with Crippen LogP contribution in [0, 0.1) is 0 Å². The van der Waals surface area contributed by atoms with E-state index in [-0.39, 0.29) is 5.75 Å². The first-order valence-corrected chi connectivity index (χ1v) is 7.65. The third-order valence-corrected chi connectivity index (χ3v) is 4.22. The number of nitrogens with zero attached hydrogens (tertiary/aromatic N) is 2. The van der Waals surface area contributed by atoms with Crippen molar-refractivity contribution in [2.45, 2.75) is 13.1 Å². The minimum Gasteiger partial charge on any atom is -0.504 e. The highest BCUT2D eigenvalue weighted by Crippen LogP contribution is 2.32. The molecule has 0 saturated heterocycles. The molecule has 22 heavy (non-hydrogen) atoms. The van der Waals surface area contributed by atoms with Crippen molar-refractivity contribution in [3.8, 4) is 11.5 Å². The normalized spacial score (nSPS) is 11.0. The van der Waals surface area contributed by atoms with Crippen LogP contribution in [0.1, 0.15) is 11.1 Å². The van der Waals surface area contributed by atoms with E-state index in [9.17, 15) is 5.11 Å². The van der Waals surface area contributed by atoms with E-state index in [2.05, 4.69) is 26.3 Å². The van der Waals surface area contributed by atoms with Crippen molar-refractivity contribution in [2.24, 2.45) is 0 Å². The predicted molar refractivity (Wildman–Crippen MR) is 88.1 cm³/mol. The van der Waals surface area contributed by atoms with E-state index in [1.54, 1.807) is 12.1 Å². The van der Waals surface area contributed by atoms with Crippen molar-refractivity contribution < 1.29 is 9.84 Å². The number of nitrogens with one attached hydrogen (secondary N) is 1. The van der Waals surface area contributed by atoms with Gasteiger partial charge in [0.2, 0.25) is 0 Å². The van der Waals surface area contributed by atoms with Gasteiger partial charge in [0.05, 0.1) is 18.8 Å². The molecular formula is C16H16BrN3O2. The summed E-state index contributed by atoms with van der Waals surface area (Å²) in [5.74, 6) is 0.594. The van der Waals surface area contributed by atoms with E-state index in [0.717, 1.165) is 21.1 Å². The van der Waals surface area contributed by atoms with Gasteiger partial charge in [-0.2, -0.15) is 5.10 Å². The standard InChI is InChI=1S/C16H16BrN3O2/c1-22-16-7-13(17)11(6-15(16)21)8-18-9-12-10-19-20-5-3-2-4-14(12)20/h2-7,10,18,21H,8-9H2,1H3. The molecule has 0 saturated carbocycles. The Hall–Kier alpha value is -2.05. The van der Waals surface area contributed by atoms with Crippen LogP contribution in [-0.2, 0) is 13.1 Å².